The van der Waals surface area contributed by atoms with Crippen LogP contribution in [0.15, 0.2) is 72.8 Å². The molecule has 9 heteroatoms. The molecule has 45 heavy (non-hydrogen) atoms. The van der Waals surface area contributed by atoms with Gasteiger partial charge in [-0.15, -0.1) is 0 Å². The van der Waals surface area contributed by atoms with Crippen molar-refractivity contribution in [3.63, 3.8) is 0 Å². The van der Waals surface area contributed by atoms with Crippen LogP contribution in [0, 0.1) is 0 Å². The van der Waals surface area contributed by atoms with Crippen molar-refractivity contribution in [2.75, 3.05) is 4.90 Å². The van der Waals surface area contributed by atoms with Crippen molar-refractivity contribution in [1.29, 1.82) is 0 Å². The molecule has 0 radical (unpaired) electrons. The first kappa shape index (κ1) is 33.5. The van der Waals surface area contributed by atoms with Crippen LogP contribution in [0.5, 0.6) is 0 Å². The highest BCUT2D eigenvalue weighted by Gasteiger charge is 2.32. The summed E-state index contributed by atoms with van der Waals surface area (Å²) in [6.07, 6.45) is 2.63. The van der Waals surface area contributed by atoms with Gasteiger partial charge in [0, 0.05) is 30.6 Å². The predicted molar refractivity (Wildman–Crippen MR) is 175 cm³/mol. The second kappa shape index (κ2) is 15.6. The highest BCUT2D eigenvalue weighted by Crippen LogP contribution is 2.36. The number of carboxylic acid groups (broad SMARTS) is 1. The average Bonchev–Trinajstić information content (AvgIpc) is 3.01. The lowest BCUT2D eigenvalue weighted by atomic mass is 9.89. The van der Waals surface area contributed by atoms with Crippen LogP contribution in [-0.2, 0) is 29.1 Å². The molecule has 1 fully saturated rings. The van der Waals surface area contributed by atoms with Gasteiger partial charge in [-0.1, -0.05) is 66.7 Å². The zero-order valence-electron chi connectivity index (χ0n) is 26.4. The molecule has 3 amide bonds. The molecule has 0 heterocycles. The topological polar surface area (TPSA) is 128 Å². The molecule has 0 spiro atoms. The Morgan fingerprint density at radius 3 is 2.16 bits per heavy atom. The van der Waals surface area contributed by atoms with E-state index in [1.54, 1.807) is 0 Å². The first-order valence-corrected chi connectivity index (χ1v) is 15.7. The lowest BCUT2D eigenvalue weighted by Crippen LogP contribution is -2.47. The van der Waals surface area contributed by atoms with Gasteiger partial charge >= 0.3 is 12.2 Å². The third-order valence-electron chi connectivity index (χ3n) is 7.96. The fourth-order valence-corrected chi connectivity index (χ4v) is 5.71. The van der Waals surface area contributed by atoms with Gasteiger partial charge < -0.3 is 25.6 Å². The Bertz CT molecular complexity index is 1430. The van der Waals surface area contributed by atoms with E-state index in [9.17, 15) is 24.6 Å². The van der Waals surface area contributed by atoms with Crippen LogP contribution in [0.25, 0.3) is 11.1 Å². The van der Waals surface area contributed by atoms with Crippen molar-refractivity contribution in [2.24, 2.45) is 0 Å². The number of amides is 3. The van der Waals surface area contributed by atoms with Gasteiger partial charge in [-0.2, -0.15) is 0 Å². The zero-order valence-corrected chi connectivity index (χ0v) is 26.4. The minimum absolute atomic E-state index is 0.0145. The molecule has 0 bridgehead atoms. The summed E-state index contributed by atoms with van der Waals surface area (Å²) >= 11 is 0. The Balaban J connectivity index is 1.43. The molecular formula is C36H45N3O6. The van der Waals surface area contributed by atoms with Crippen molar-refractivity contribution >= 4 is 23.8 Å². The van der Waals surface area contributed by atoms with E-state index >= 15 is 0 Å². The molecule has 240 valence electrons. The Hall–Kier alpha value is -4.37. The Kier molecular flexibility index (Phi) is 11.6. The molecule has 3 aromatic carbocycles. The fraction of sp³-hybridized carbons (Fsp3) is 0.417. The quantitative estimate of drug-likeness (QED) is 0.188. The largest absolute Gasteiger partial charge is 0.465 e. The standard InChI is InChI=1S/C36H45N3O6/c1-36(2,3)45-34(42)38-29-17-19-30(20-18-29)39(35(43)44)32-22-25(16-21-31(32)28-9-5-4-6-10-28)8-7-11-33(41)37-23-26-12-14-27(24-40)15-13-26/h4-6,9-10,12-16,21-22,29-30,40H,7-8,11,17-20,23-24H2,1-3H3,(H,37,41)(H,38,42)(H,43,44). The molecule has 4 rings (SSSR count). The summed E-state index contributed by atoms with van der Waals surface area (Å²) in [6, 6.07) is 22.8. The highest BCUT2D eigenvalue weighted by atomic mass is 16.6. The van der Waals surface area contributed by atoms with Gasteiger partial charge in [-0.25, -0.2) is 9.59 Å². The van der Waals surface area contributed by atoms with E-state index < -0.39 is 17.8 Å². The fourth-order valence-electron chi connectivity index (χ4n) is 5.71. The number of alkyl carbamates (subject to hydrolysis) is 1. The van der Waals surface area contributed by atoms with Crippen molar-refractivity contribution in [3.05, 3.63) is 89.5 Å². The highest BCUT2D eigenvalue weighted by molar-refractivity contribution is 5.93. The number of hydrogen-bond acceptors (Lipinski definition) is 5. The van der Waals surface area contributed by atoms with Crippen LogP contribution in [0.2, 0.25) is 0 Å². The summed E-state index contributed by atoms with van der Waals surface area (Å²) in [6.45, 7) is 5.87. The maximum absolute atomic E-state index is 12.8. The normalized spacial score (nSPS) is 16.4. The Labute approximate surface area is 265 Å². The number of carbonyl (C=O) groups excluding carboxylic acids is 2. The molecule has 0 saturated heterocycles. The second-order valence-corrected chi connectivity index (χ2v) is 12.6. The van der Waals surface area contributed by atoms with Crippen LogP contribution in [0.4, 0.5) is 15.3 Å². The number of rotatable bonds is 11. The van der Waals surface area contributed by atoms with Gasteiger partial charge in [-0.3, -0.25) is 9.69 Å². The first-order chi connectivity index (χ1) is 21.5. The predicted octanol–water partition coefficient (Wildman–Crippen LogP) is 6.81. The average molecular weight is 616 g/mol. The zero-order chi connectivity index (χ0) is 32.4. The number of aryl methyl sites for hydroxylation is 1. The molecule has 1 aliphatic rings. The van der Waals surface area contributed by atoms with Crippen molar-refractivity contribution in [3.8, 4) is 11.1 Å². The van der Waals surface area contributed by atoms with Gasteiger partial charge in [-0.05, 0) is 87.6 Å². The Morgan fingerprint density at radius 1 is 0.889 bits per heavy atom. The number of ether oxygens (including phenoxy) is 1. The summed E-state index contributed by atoms with van der Waals surface area (Å²) in [5.74, 6) is -0.0497. The van der Waals surface area contributed by atoms with Crippen molar-refractivity contribution < 1.29 is 29.3 Å². The molecular weight excluding hydrogens is 570 g/mol. The van der Waals surface area contributed by atoms with E-state index in [1.807, 2.05) is 93.6 Å². The van der Waals surface area contributed by atoms with Gasteiger partial charge in [0.1, 0.15) is 5.60 Å². The molecule has 0 unspecified atom stereocenters. The van der Waals surface area contributed by atoms with E-state index in [0.717, 1.165) is 27.8 Å². The van der Waals surface area contributed by atoms with E-state index in [4.69, 9.17) is 4.74 Å². The van der Waals surface area contributed by atoms with E-state index in [0.29, 0.717) is 57.2 Å². The number of hydrogen-bond donors (Lipinski definition) is 4. The van der Waals surface area contributed by atoms with Gasteiger partial charge in [0.15, 0.2) is 0 Å². The number of anilines is 1. The van der Waals surface area contributed by atoms with E-state index in [-0.39, 0.29) is 24.6 Å². The van der Waals surface area contributed by atoms with Crippen LogP contribution in [0.1, 0.15) is 76.0 Å². The maximum Gasteiger partial charge on any atom is 0.412 e. The summed E-state index contributed by atoms with van der Waals surface area (Å²) < 4.78 is 5.40. The molecule has 0 aromatic heterocycles. The number of aliphatic hydroxyl groups is 1. The van der Waals surface area contributed by atoms with Crippen LogP contribution < -0.4 is 15.5 Å². The lowest BCUT2D eigenvalue weighted by Gasteiger charge is -2.36. The molecule has 0 aliphatic heterocycles. The number of aliphatic hydroxyl groups excluding tert-OH is 1. The third-order valence-corrected chi connectivity index (χ3v) is 7.96. The molecule has 3 aromatic rings. The molecule has 1 aliphatic carbocycles. The van der Waals surface area contributed by atoms with Gasteiger partial charge in [0.05, 0.1) is 12.3 Å². The second-order valence-electron chi connectivity index (χ2n) is 12.6. The number of nitrogens with one attached hydrogen (secondary N) is 2. The summed E-state index contributed by atoms with van der Waals surface area (Å²) in [7, 11) is 0. The molecule has 4 N–H and O–H groups in total. The SMILES string of the molecule is CC(C)(C)OC(=O)NC1CCC(N(C(=O)O)c2cc(CCCC(=O)NCc3ccc(CO)cc3)ccc2-c2ccccc2)CC1. The van der Waals surface area contributed by atoms with Crippen molar-refractivity contribution in [2.45, 2.75) is 96.6 Å². The molecule has 1 saturated carbocycles. The van der Waals surface area contributed by atoms with Crippen LogP contribution in [-0.4, -0.2) is 46.0 Å². The number of carbonyl (C=O) groups is 3. The maximum atomic E-state index is 12.8. The van der Waals surface area contributed by atoms with E-state index in [1.165, 1.54) is 4.90 Å². The minimum Gasteiger partial charge on any atom is -0.465 e. The van der Waals surface area contributed by atoms with Gasteiger partial charge in [0.25, 0.3) is 0 Å². The number of benzene rings is 3. The van der Waals surface area contributed by atoms with Gasteiger partial charge in [0.2, 0.25) is 5.91 Å². The molecule has 9 nitrogen and oxygen atoms in total. The minimum atomic E-state index is -1.01. The first-order valence-electron chi connectivity index (χ1n) is 15.7. The van der Waals surface area contributed by atoms with Crippen molar-refractivity contribution in [1.82, 2.24) is 10.6 Å². The van der Waals surface area contributed by atoms with Crippen LogP contribution in [0.3, 0.4) is 0 Å². The lowest BCUT2D eigenvalue weighted by molar-refractivity contribution is -0.121. The monoisotopic (exact) mass is 615 g/mol. The van der Waals surface area contributed by atoms with Crippen LogP contribution >= 0.6 is 0 Å². The Morgan fingerprint density at radius 2 is 1.53 bits per heavy atom. The summed E-state index contributed by atoms with van der Waals surface area (Å²) in [5.41, 5.74) is 4.56. The summed E-state index contributed by atoms with van der Waals surface area (Å²) in [5, 5.41) is 25.6. The number of nitrogens with zero attached hydrogens (tertiary/aromatic N) is 1. The third kappa shape index (κ3) is 10.1. The van der Waals surface area contributed by atoms with E-state index in [2.05, 4.69) is 10.6 Å². The summed E-state index contributed by atoms with van der Waals surface area (Å²) in [4.78, 5) is 39.1. The molecule has 0 atom stereocenters. The smallest absolute Gasteiger partial charge is 0.412 e.